The fourth-order valence-electron chi connectivity index (χ4n) is 2.52. The fraction of sp³-hybridized carbons (Fsp3) is 0.500. The molecule has 19 heavy (non-hydrogen) atoms. The van der Waals surface area contributed by atoms with E-state index in [1.807, 2.05) is 42.0 Å². The molecule has 104 valence electrons. The van der Waals surface area contributed by atoms with E-state index < -0.39 is 0 Å². The smallest absolute Gasteiger partial charge is 0.244 e. The SMILES string of the molecule is Cc1cc(Br)ccc1N1CCN(C)C(CCO)C1=O. The van der Waals surface area contributed by atoms with Gasteiger partial charge in [0.2, 0.25) is 5.91 Å². The molecule has 1 aliphatic heterocycles. The number of aliphatic hydroxyl groups is 1. The van der Waals surface area contributed by atoms with Crippen LogP contribution in [0.25, 0.3) is 0 Å². The number of amides is 1. The van der Waals surface area contributed by atoms with Gasteiger partial charge in [-0.2, -0.15) is 0 Å². The van der Waals surface area contributed by atoms with Gasteiger partial charge < -0.3 is 10.0 Å². The zero-order valence-corrected chi connectivity index (χ0v) is 12.9. The summed E-state index contributed by atoms with van der Waals surface area (Å²) < 4.78 is 1.02. The first-order chi connectivity index (χ1) is 9.04. The lowest BCUT2D eigenvalue weighted by Crippen LogP contribution is -2.56. The van der Waals surface area contributed by atoms with Gasteiger partial charge in [-0.1, -0.05) is 15.9 Å². The number of carbonyl (C=O) groups is 1. The number of hydrogen-bond donors (Lipinski definition) is 1. The second-order valence-electron chi connectivity index (χ2n) is 4.93. The second kappa shape index (κ2) is 6.03. The lowest BCUT2D eigenvalue weighted by atomic mass is 10.1. The Hall–Kier alpha value is -0.910. The van der Waals surface area contributed by atoms with Crippen LogP contribution in [-0.4, -0.2) is 48.7 Å². The second-order valence-corrected chi connectivity index (χ2v) is 5.85. The van der Waals surface area contributed by atoms with Gasteiger partial charge in [0, 0.05) is 29.9 Å². The first-order valence-electron chi connectivity index (χ1n) is 6.43. The van der Waals surface area contributed by atoms with E-state index in [1.165, 1.54) is 0 Å². The summed E-state index contributed by atoms with van der Waals surface area (Å²) in [4.78, 5) is 16.4. The molecule has 1 amide bonds. The fourth-order valence-corrected chi connectivity index (χ4v) is 2.99. The number of carbonyl (C=O) groups excluding carboxylic acids is 1. The molecule has 1 aliphatic rings. The molecular formula is C14H19BrN2O2. The maximum atomic E-state index is 12.5. The number of nitrogens with zero attached hydrogens (tertiary/aromatic N) is 2. The van der Waals surface area contributed by atoms with Gasteiger partial charge in [0.1, 0.15) is 0 Å². The Morgan fingerprint density at radius 2 is 2.16 bits per heavy atom. The van der Waals surface area contributed by atoms with E-state index in [4.69, 9.17) is 5.11 Å². The van der Waals surface area contributed by atoms with Crippen LogP contribution >= 0.6 is 15.9 Å². The molecule has 1 fully saturated rings. The number of benzene rings is 1. The lowest BCUT2D eigenvalue weighted by Gasteiger charge is -2.39. The van der Waals surface area contributed by atoms with E-state index in [0.717, 1.165) is 22.3 Å². The molecule has 1 aromatic carbocycles. The molecule has 0 aliphatic carbocycles. The molecular weight excluding hydrogens is 308 g/mol. The van der Waals surface area contributed by atoms with Crippen LogP contribution in [-0.2, 0) is 4.79 Å². The third kappa shape index (κ3) is 2.99. The van der Waals surface area contributed by atoms with Crippen molar-refractivity contribution in [3.8, 4) is 0 Å². The summed E-state index contributed by atoms with van der Waals surface area (Å²) in [5.74, 6) is 0.0771. The van der Waals surface area contributed by atoms with Gasteiger partial charge in [-0.05, 0) is 44.2 Å². The van der Waals surface area contributed by atoms with Crippen molar-refractivity contribution in [1.82, 2.24) is 4.90 Å². The third-order valence-electron chi connectivity index (χ3n) is 3.61. The number of halogens is 1. The first-order valence-corrected chi connectivity index (χ1v) is 7.22. The summed E-state index contributed by atoms with van der Waals surface area (Å²) in [6.07, 6.45) is 0.488. The topological polar surface area (TPSA) is 43.8 Å². The van der Waals surface area contributed by atoms with Gasteiger partial charge in [-0.3, -0.25) is 9.69 Å². The Kier molecular flexibility index (Phi) is 4.60. The zero-order chi connectivity index (χ0) is 14.0. The maximum Gasteiger partial charge on any atom is 0.244 e. The van der Waals surface area contributed by atoms with Crippen molar-refractivity contribution in [3.05, 3.63) is 28.2 Å². The van der Waals surface area contributed by atoms with E-state index >= 15 is 0 Å². The van der Waals surface area contributed by atoms with Crippen LogP contribution in [0.4, 0.5) is 5.69 Å². The molecule has 0 radical (unpaired) electrons. The van der Waals surface area contributed by atoms with Crippen LogP contribution < -0.4 is 4.90 Å². The van der Waals surface area contributed by atoms with Gasteiger partial charge in [0.25, 0.3) is 0 Å². The summed E-state index contributed by atoms with van der Waals surface area (Å²) in [5.41, 5.74) is 2.04. The maximum absolute atomic E-state index is 12.5. The van der Waals surface area contributed by atoms with Crippen LogP contribution in [0.1, 0.15) is 12.0 Å². The molecule has 1 aromatic rings. The number of aliphatic hydroxyl groups excluding tert-OH is 1. The number of likely N-dealkylation sites (N-methyl/N-ethyl adjacent to an activating group) is 1. The largest absolute Gasteiger partial charge is 0.396 e. The lowest BCUT2D eigenvalue weighted by molar-refractivity contribution is -0.125. The normalized spacial score (nSPS) is 20.9. The highest BCUT2D eigenvalue weighted by Gasteiger charge is 2.33. The van der Waals surface area contributed by atoms with Crippen molar-refractivity contribution < 1.29 is 9.90 Å². The summed E-state index contributed by atoms with van der Waals surface area (Å²) in [6, 6.07) is 5.72. The summed E-state index contributed by atoms with van der Waals surface area (Å²) in [7, 11) is 1.93. The highest BCUT2D eigenvalue weighted by molar-refractivity contribution is 9.10. The number of piperazine rings is 1. The molecule has 4 nitrogen and oxygen atoms in total. The number of hydrogen-bond acceptors (Lipinski definition) is 3. The molecule has 0 spiro atoms. The van der Waals surface area contributed by atoms with Crippen LogP contribution in [0.2, 0.25) is 0 Å². The summed E-state index contributed by atoms with van der Waals surface area (Å²) >= 11 is 3.44. The summed E-state index contributed by atoms with van der Waals surface area (Å²) in [6.45, 7) is 3.56. The quantitative estimate of drug-likeness (QED) is 0.920. The minimum Gasteiger partial charge on any atom is -0.396 e. The Bertz CT molecular complexity index is 479. The van der Waals surface area contributed by atoms with Crippen molar-refractivity contribution in [3.63, 3.8) is 0 Å². The predicted octanol–water partition coefficient (Wildman–Crippen LogP) is 1.79. The first kappa shape index (κ1) is 14.5. The van der Waals surface area contributed by atoms with Gasteiger partial charge in [-0.15, -0.1) is 0 Å². The van der Waals surface area contributed by atoms with Crippen molar-refractivity contribution in [2.45, 2.75) is 19.4 Å². The Morgan fingerprint density at radius 3 is 2.79 bits per heavy atom. The van der Waals surface area contributed by atoms with Crippen LogP contribution in [0.5, 0.6) is 0 Å². The molecule has 0 aromatic heterocycles. The molecule has 0 saturated carbocycles. The Balaban J connectivity index is 2.27. The molecule has 1 saturated heterocycles. The Labute approximate surface area is 122 Å². The van der Waals surface area contributed by atoms with Gasteiger partial charge in [-0.25, -0.2) is 0 Å². The molecule has 1 atom stereocenters. The van der Waals surface area contributed by atoms with Crippen molar-refractivity contribution >= 4 is 27.5 Å². The molecule has 1 heterocycles. The van der Waals surface area contributed by atoms with E-state index in [2.05, 4.69) is 15.9 Å². The van der Waals surface area contributed by atoms with E-state index in [0.29, 0.717) is 13.0 Å². The standard InChI is InChI=1S/C14H19BrN2O2/c1-10-9-11(15)3-4-12(10)17-7-6-16(2)13(5-8-18)14(17)19/h3-4,9,13,18H,5-8H2,1-2H3. The van der Waals surface area contributed by atoms with Gasteiger partial charge in [0.05, 0.1) is 6.04 Å². The average molecular weight is 327 g/mol. The van der Waals surface area contributed by atoms with Crippen LogP contribution in [0.15, 0.2) is 22.7 Å². The minimum absolute atomic E-state index is 0.0356. The molecule has 0 bridgehead atoms. The summed E-state index contributed by atoms with van der Waals surface area (Å²) in [5, 5.41) is 9.10. The van der Waals surface area contributed by atoms with Crippen LogP contribution in [0, 0.1) is 6.92 Å². The van der Waals surface area contributed by atoms with Crippen molar-refractivity contribution in [2.75, 3.05) is 31.6 Å². The monoisotopic (exact) mass is 326 g/mol. The molecule has 2 rings (SSSR count). The number of aryl methyl sites for hydroxylation is 1. The van der Waals surface area contributed by atoms with Gasteiger partial charge in [0.15, 0.2) is 0 Å². The molecule has 1 N–H and O–H groups in total. The van der Waals surface area contributed by atoms with Crippen LogP contribution in [0.3, 0.4) is 0 Å². The minimum atomic E-state index is -0.221. The molecule has 5 heteroatoms. The number of rotatable bonds is 3. The molecule has 1 unspecified atom stereocenters. The van der Waals surface area contributed by atoms with Crippen molar-refractivity contribution in [1.29, 1.82) is 0 Å². The highest BCUT2D eigenvalue weighted by Crippen LogP contribution is 2.27. The highest BCUT2D eigenvalue weighted by atomic mass is 79.9. The third-order valence-corrected chi connectivity index (χ3v) is 4.10. The van der Waals surface area contributed by atoms with E-state index in [-0.39, 0.29) is 18.6 Å². The number of anilines is 1. The van der Waals surface area contributed by atoms with Gasteiger partial charge >= 0.3 is 0 Å². The zero-order valence-electron chi connectivity index (χ0n) is 11.3. The average Bonchev–Trinajstić information content (AvgIpc) is 2.36. The Morgan fingerprint density at radius 1 is 1.42 bits per heavy atom. The van der Waals surface area contributed by atoms with Crippen molar-refractivity contribution in [2.24, 2.45) is 0 Å². The van der Waals surface area contributed by atoms with E-state index in [1.54, 1.807) is 0 Å². The van der Waals surface area contributed by atoms with E-state index in [9.17, 15) is 4.79 Å². The predicted molar refractivity (Wildman–Crippen MR) is 79.4 cm³/mol.